The minimum absolute atomic E-state index is 0.530. The van der Waals surface area contributed by atoms with E-state index in [4.69, 9.17) is 23.8 Å². The molecule has 0 spiro atoms. The Kier molecular flexibility index (Phi) is 7.80. The van der Waals surface area contributed by atoms with Crippen LogP contribution in [-0.2, 0) is 0 Å². The van der Waals surface area contributed by atoms with Gasteiger partial charge >= 0.3 is 0 Å². The summed E-state index contributed by atoms with van der Waals surface area (Å²) in [6.07, 6.45) is 0. The Hall–Kier alpha value is -8.61. The maximum Gasteiger partial charge on any atom is 0.167 e. The van der Waals surface area contributed by atoms with Gasteiger partial charge in [0.1, 0.15) is 22.3 Å². The minimum atomic E-state index is 0.530. The second-order valence-corrected chi connectivity index (χ2v) is 16.0. The molecule has 0 bridgehead atoms. The predicted octanol–water partition coefficient (Wildman–Crippen LogP) is 15.1. The molecule has 0 saturated heterocycles. The van der Waals surface area contributed by atoms with E-state index >= 15 is 0 Å². The summed E-state index contributed by atoms with van der Waals surface area (Å²) in [5.41, 5.74) is 13.5. The summed E-state index contributed by atoms with van der Waals surface area (Å²) in [6, 6.07) is 71.6. The molecule has 13 aromatic rings. The summed E-state index contributed by atoms with van der Waals surface area (Å²) in [4.78, 5) is 15.4. The van der Waals surface area contributed by atoms with Gasteiger partial charge in [0.25, 0.3) is 0 Å². The van der Waals surface area contributed by atoms with Crippen molar-refractivity contribution in [1.82, 2.24) is 19.5 Å². The lowest BCUT2D eigenvalue weighted by Crippen LogP contribution is -2.00. The first-order valence-electron chi connectivity index (χ1n) is 21.1. The first-order chi connectivity index (χ1) is 31.2. The molecule has 0 aliphatic carbocycles. The number of benzene rings is 9. The van der Waals surface area contributed by atoms with Crippen molar-refractivity contribution in [2.75, 3.05) is 0 Å². The zero-order valence-electron chi connectivity index (χ0n) is 33.7. The van der Waals surface area contributed by atoms with Crippen molar-refractivity contribution in [3.05, 3.63) is 206 Å². The number of hydrogen-bond donors (Lipinski definition) is 0. The molecule has 0 saturated carbocycles. The number of rotatable bonds is 6. The average Bonchev–Trinajstić information content (AvgIpc) is 4.03. The van der Waals surface area contributed by atoms with Crippen LogP contribution in [0.2, 0.25) is 0 Å². The van der Waals surface area contributed by atoms with Crippen LogP contribution < -0.4 is 0 Å². The minimum Gasteiger partial charge on any atom is -0.456 e. The molecule has 4 aromatic heterocycles. The third-order valence-corrected chi connectivity index (χ3v) is 12.3. The number of para-hydroxylation sites is 4. The highest BCUT2D eigenvalue weighted by Gasteiger charge is 2.20. The number of nitrogens with zero attached hydrogens (tertiary/aromatic N) is 4. The van der Waals surface area contributed by atoms with Gasteiger partial charge in [-0.15, -0.1) is 0 Å². The maximum atomic E-state index is 6.70. The van der Waals surface area contributed by atoms with Crippen molar-refractivity contribution in [1.29, 1.82) is 0 Å². The molecular formula is C57H34N4O2. The third kappa shape index (κ3) is 5.76. The van der Waals surface area contributed by atoms with Gasteiger partial charge in [-0.25, -0.2) is 15.0 Å². The lowest BCUT2D eigenvalue weighted by atomic mass is 10.0. The highest BCUT2D eigenvalue weighted by molar-refractivity contribution is 6.12. The zero-order chi connectivity index (χ0) is 41.4. The fourth-order valence-corrected chi connectivity index (χ4v) is 9.25. The molecule has 13 rings (SSSR count). The molecule has 63 heavy (non-hydrogen) atoms. The lowest BCUT2D eigenvalue weighted by molar-refractivity contribution is 0.668. The monoisotopic (exact) mass is 806 g/mol. The van der Waals surface area contributed by atoms with Gasteiger partial charge < -0.3 is 13.4 Å². The Morgan fingerprint density at radius 3 is 1.63 bits per heavy atom. The highest BCUT2D eigenvalue weighted by atomic mass is 16.3. The molecule has 0 radical (unpaired) electrons. The molecule has 0 amide bonds. The molecule has 4 heterocycles. The van der Waals surface area contributed by atoms with Crippen molar-refractivity contribution in [3.8, 4) is 62.1 Å². The molecule has 294 valence electrons. The molecule has 0 atom stereocenters. The van der Waals surface area contributed by atoms with Gasteiger partial charge in [0.2, 0.25) is 0 Å². The Morgan fingerprint density at radius 1 is 0.302 bits per heavy atom. The second kappa shape index (κ2) is 14.0. The van der Waals surface area contributed by atoms with E-state index < -0.39 is 0 Å². The van der Waals surface area contributed by atoms with Crippen LogP contribution in [-0.4, -0.2) is 19.5 Å². The van der Waals surface area contributed by atoms with E-state index in [2.05, 4.69) is 168 Å². The van der Waals surface area contributed by atoms with Gasteiger partial charge in [0, 0.05) is 49.1 Å². The van der Waals surface area contributed by atoms with E-state index in [1.54, 1.807) is 0 Å². The van der Waals surface area contributed by atoms with Crippen LogP contribution in [0.1, 0.15) is 0 Å². The van der Waals surface area contributed by atoms with E-state index in [1.165, 1.54) is 16.3 Å². The molecule has 0 fully saturated rings. The van der Waals surface area contributed by atoms with Crippen molar-refractivity contribution >= 4 is 65.7 Å². The second-order valence-electron chi connectivity index (χ2n) is 16.0. The SMILES string of the molecule is c1ccc(-c2cccc(-c3nc(-c4ccc5c(c4)oc4cc(-c6ccc7c8ccccc8n(-c8ccccc8)c7c6)ccc45)nc(-c4cccc5c4oc4ccccc45)n3)c2)cc1. The van der Waals surface area contributed by atoms with Crippen molar-refractivity contribution < 1.29 is 8.83 Å². The van der Waals surface area contributed by atoms with Gasteiger partial charge in [-0.1, -0.05) is 140 Å². The van der Waals surface area contributed by atoms with E-state index in [-0.39, 0.29) is 0 Å². The van der Waals surface area contributed by atoms with Crippen LogP contribution in [0.3, 0.4) is 0 Å². The summed E-state index contributed by atoms with van der Waals surface area (Å²) in [6.45, 7) is 0. The normalized spacial score (nSPS) is 11.8. The van der Waals surface area contributed by atoms with Crippen LogP contribution in [0, 0.1) is 0 Å². The van der Waals surface area contributed by atoms with Gasteiger partial charge in [0.15, 0.2) is 17.5 Å². The predicted molar refractivity (Wildman–Crippen MR) is 256 cm³/mol. The largest absolute Gasteiger partial charge is 0.456 e. The van der Waals surface area contributed by atoms with Crippen LogP contribution in [0.25, 0.3) is 128 Å². The fraction of sp³-hybridized carbons (Fsp3) is 0. The van der Waals surface area contributed by atoms with E-state index in [9.17, 15) is 0 Å². The molecule has 9 aromatic carbocycles. The Balaban J connectivity index is 0.941. The van der Waals surface area contributed by atoms with E-state index in [1.807, 2.05) is 42.5 Å². The van der Waals surface area contributed by atoms with Crippen molar-refractivity contribution in [3.63, 3.8) is 0 Å². The van der Waals surface area contributed by atoms with Crippen LogP contribution >= 0.6 is 0 Å². The maximum absolute atomic E-state index is 6.70. The van der Waals surface area contributed by atoms with Gasteiger partial charge in [-0.3, -0.25) is 0 Å². The molecule has 6 heteroatoms. The fourth-order valence-electron chi connectivity index (χ4n) is 9.25. The molecule has 0 unspecified atom stereocenters. The summed E-state index contributed by atoms with van der Waals surface area (Å²) in [5, 5.41) is 6.59. The van der Waals surface area contributed by atoms with Crippen molar-refractivity contribution in [2.45, 2.75) is 0 Å². The Bertz CT molecular complexity index is 3920. The first kappa shape index (κ1) is 35.2. The van der Waals surface area contributed by atoms with Crippen molar-refractivity contribution in [2.24, 2.45) is 0 Å². The number of hydrogen-bond acceptors (Lipinski definition) is 5. The van der Waals surface area contributed by atoms with Crippen LogP contribution in [0.15, 0.2) is 215 Å². The number of fused-ring (bicyclic) bond motifs is 9. The Labute approximate surface area is 361 Å². The van der Waals surface area contributed by atoms with E-state index in [0.29, 0.717) is 17.5 Å². The smallest absolute Gasteiger partial charge is 0.167 e. The highest BCUT2D eigenvalue weighted by Crippen LogP contribution is 2.40. The molecule has 0 aliphatic heterocycles. The van der Waals surface area contributed by atoms with Gasteiger partial charge in [-0.2, -0.15) is 0 Å². The molecule has 0 N–H and O–H groups in total. The van der Waals surface area contributed by atoms with Crippen LogP contribution in [0.5, 0.6) is 0 Å². The number of aromatic nitrogens is 4. The first-order valence-corrected chi connectivity index (χ1v) is 21.1. The topological polar surface area (TPSA) is 69.9 Å². The molecule has 6 nitrogen and oxygen atoms in total. The summed E-state index contributed by atoms with van der Waals surface area (Å²) >= 11 is 0. The Morgan fingerprint density at radius 2 is 0.825 bits per heavy atom. The lowest BCUT2D eigenvalue weighted by Gasteiger charge is -2.10. The summed E-state index contributed by atoms with van der Waals surface area (Å²) < 4.78 is 15.5. The molecular weight excluding hydrogens is 773 g/mol. The standard InChI is InChI=1S/C57H34N4O2/c1-3-13-35(14-4-1)36-15-11-16-39(31-36)55-58-56(60-57(59-55)48-22-12-21-47-44-20-8-10-24-51(44)63-54(47)48)40-27-30-46-45-29-26-38(33-52(45)62-53(46)34-40)37-25-28-43-42-19-7-9-23-49(42)61(50(43)32-37)41-17-5-2-6-18-41/h1-34H. The molecule has 0 aliphatic rings. The quantitative estimate of drug-likeness (QED) is 0.167. The van der Waals surface area contributed by atoms with E-state index in [0.717, 1.165) is 94.0 Å². The van der Waals surface area contributed by atoms with Gasteiger partial charge in [0.05, 0.1) is 16.6 Å². The average molecular weight is 807 g/mol. The third-order valence-electron chi connectivity index (χ3n) is 12.3. The summed E-state index contributed by atoms with van der Waals surface area (Å²) in [7, 11) is 0. The zero-order valence-corrected chi connectivity index (χ0v) is 33.7. The van der Waals surface area contributed by atoms with Crippen LogP contribution in [0.4, 0.5) is 0 Å². The number of furan rings is 2. The van der Waals surface area contributed by atoms with Gasteiger partial charge in [-0.05, 0) is 89.0 Å². The summed E-state index contributed by atoms with van der Waals surface area (Å²) in [5.74, 6) is 1.64.